The summed E-state index contributed by atoms with van der Waals surface area (Å²) in [6, 6.07) is 3.48. The van der Waals surface area contributed by atoms with Gasteiger partial charge in [-0.05, 0) is 19.1 Å². The molecular formula is C8H9N3O2. The molecule has 0 aliphatic rings. The fraction of sp³-hybridized carbons (Fsp3) is 0.125. The average Bonchev–Trinajstić information content (AvgIpc) is 2.09. The molecule has 0 radical (unpaired) electrons. The van der Waals surface area contributed by atoms with Crippen molar-refractivity contribution in [2.75, 3.05) is 5.32 Å². The molecule has 0 spiro atoms. The zero-order valence-corrected chi connectivity index (χ0v) is 7.06. The number of nitrogens with zero attached hydrogens (tertiary/aromatic N) is 2. The van der Waals surface area contributed by atoms with Crippen LogP contribution in [0.4, 0.5) is 5.69 Å². The Morgan fingerprint density at radius 2 is 2.46 bits per heavy atom. The molecule has 5 heteroatoms. The molecule has 2 N–H and O–H groups in total. The molecule has 0 fully saturated rings. The highest BCUT2D eigenvalue weighted by Crippen LogP contribution is 2.04. The van der Waals surface area contributed by atoms with Crippen LogP contribution in [0.3, 0.4) is 0 Å². The van der Waals surface area contributed by atoms with Gasteiger partial charge in [-0.25, -0.2) is 0 Å². The molecule has 1 aromatic heterocycles. The van der Waals surface area contributed by atoms with E-state index in [9.17, 15) is 4.79 Å². The third-order valence-electron chi connectivity index (χ3n) is 1.35. The highest BCUT2D eigenvalue weighted by molar-refractivity contribution is 6.31. The second kappa shape index (κ2) is 4.20. The van der Waals surface area contributed by atoms with E-state index in [1.165, 1.54) is 6.20 Å². The van der Waals surface area contributed by atoms with Crippen LogP contribution in [0.1, 0.15) is 5.69 Å². The fourth-order valence-electron chi connectivity index (χ4n) is 0.769. The molecule has 0 unspecified atom stereocenters. The van der Waals surface area contributed by atoms with Gasteiger partial charge in [0, 0.05) is 5.69 Å². The molecule has 13 heavy (non-hydrogen) atoms. The second-order valence-corrected chi connectivity index (χ2v) is 2.42. The van der Waals surface area contributed by atoms with Crippen molar-refractivity contribution in [3.8, 4) is 0 Å². The second-order valence-electron chi connectivity index (χ2n) is 2.42. The summed E-state index contributed by atoms with van der Waals surface area (Å²) in [6.45, 7) is 1.85. The smallest absolute Gasteiger partial charge is 0.270 e. The monoisotopic (exact) mass is 179 g/mol. The van der Waals surface area contributed by atoms with Crippen LogP contribution < -0.4 is 5.32 Å². The number of anilines is 1. The quantitative estimate of drug-likeness (QED) is 0.400. The van der Waals surface area contributed by atoms with E-state index in [2.05, 4.69) is 15.5 Å². The van der Waals surface area contributed by atoms with Crippen LogP contribution in [0, 0.1) is 6.92 Å². The zero-order chi connectivity index (χ0) is 9.68. The fourth-order valence-corrected chi connectivity index (χ4v) is 0.769. The third-order valence-corrected chi connectivity index (χ3v) is 1.35. The minimum Gasteiger partial charge on any atom is -0.411 e. The largest absolute Gasteiger partial charge is 0.411 e. The summed E-state index contributed by atoms with van der Waals surface area (Å²) in [5.41, 5.74) is 1.43. The standard InChI is InChI=1S/C8H9N3O2/c1-6-2-3-7(4-9-6)11-8(12)5-10-13/h2-5,13H,1H3,(H,11,12)/b10-5+. The lowest BCUT2D eigenvalue weighted by molar-refractivity contribution is -0.110. The Kier molecular flexibility index (Phi) is 2.97. The van der Waals surface area contributed by atoms with Crippen molar-refractivity contribution in [2.24, 2.45) is 5.16 Å². The van der Waals surface area contributed by atoms with E-state index >= 15 is 0 Å². The number of pyridine rings is 1. The molecule has 0 aromatic carbocycles. The van der Waals surface area contributed by atoms with Gasteiger partial charge < -0.3 is 10.5 Å². The average molecular weight is 179 g/mol. The summed E-state index contributed by atoms with van der Waals surface area (Å²) < 4.78 is 0. The number of carbonyl (C=O) groups is 1. The van der Waals surface area contributed by atoms with Crippen molar-refractivity contribution in [1.29, 1.82) is 0 Å². The van der Waals surface area contributed by atoms with Gasteiger partial charge in [-0.3, -0.25) is 9.78 Å². The summed E-state index contributed by atoms with van der Waals surface area (Å²) in [6.07, 6.45) is 2.30. The number of rotatable bonds is 2. The van der Waals surface area contributed by atoms with Gasteiger partial charge in [0.05, 0.1) is 11.9 Å². The molecule has 1 heterocycles. The minimum absolute atomic E-state index is 0.492. The van der Waals surface area contributed by atoms with Gasteiger partial charge in [-0.2, -0.15) is 0 Å². The van der Waals surface area contributed by atoms with E-state index in [1.54, 1.807) is 12.1 Å². The minimum atomic E-state index is -0.492. The predicted octanol–water partition coefficient (Wildman–Crippen LogP) is 0.789. The number of nitrogens with one attached hydrogen (secondary N) is 1. The number of oxime groups is 1. The predicted molar refractivity (Wildman–Crippen MR) is 47.9 cm³/mol. The normalized spacial score (nSPS) is 10.2. The van der Waals surface area contributed by atoms with E-state index in [0.29, 0.717) is 5.69 Å². The summed E-state index contributed by atoms with van der Waals surface area (Å²) in [5.74, 6) is -0.492. The van der Waals surface area contributed by atoms with Gasteiger partial charge in [0.1, 0.15) is 6.21 Å². The number of hydrogen-bond donors (Lipinski definition) is 2. The Bertz CT molecular complexity index is 319. The Morgan fingerprint density at radius 3 is 3.00 bits per heavy atom. The molecule has 1 amide bonds. The number of aromatic nitrogens is 1. The van der Waals surface area contributed by atoms with E-state index in [4.69, 9.17) is 5.21 Å². The number of carbonyl (C=O) groups excluding carboxylic acids is 1. The number of hydrogen-bond acceptors (Lipinski definition) is 4. The van der Waals surface area contributed by atoms with Gasteiger partial charge in [-0.1, -0.05) is 5.16 Å². The Balaban J connectivity index is 2.64. The molecule has 0 aliphatic heterocycles. The van der Waals surface area contributed by atoms with Crippen LogP contribution in [0.15, 0.2) is 23.5 Å². The van der Waals surface area contributed by atoms with E-state index in [1.807, 2.05) is 6.92 Å². The lowest BCUT2D eigenvalue weighted by Gasteiger charge is -1.99. The zero-order valence-electron chi connectivity index (χ0n) is 7.06. The summed E-state index contributed by atoms with van der Waals surface area (Å²) in [5, 5.41) is 13.1. The summed E-state index contributed by atoms with van der Waals surface area (Å²) in [7, 11) is 0. The first kappa shape index (κ1) is 9.18. The van der Waals surface area contributed by atoms with Crippen molar-refractivity contribution in [2.45, 2.75) is 6.92 Å². The maximum atomic E-state index is 10.8. The molecule has 68 valence electrons. The molecule has 0 saturated carbocycles. The van der Waals surface area contributed by atoms with Crippen LogP contribution in [0.5, 0.6) is 0 Å². The molecular weight excluding hydrogens is 170 g/mol. The van der Waals surface area contributed by atoms with Crippen LogP contribution in [0.25, 0.3) is 0 Å². The summed E-state index contributed by atoms with van der Waals surface area (Å²) in [4.78, 5) is 14.8. The first-order chi connectivity index (χ1) is 6.22. The highest BCUT2D eigenvalue weighted by atomic mass is 16.4. The van der Waals surface area contributed by atoms with Gasteiger partial charge >= 0.3 is 0 Å². The third kappa shape index (κ3) is 2.90. The van der Waals surface area contributed by atoms with Crippen LogP contribution in [0.2, 0.25) is 0 Å². The van der Waals surface area contributed by atoms with Crippen LogP contribution in [-0.2, 0) is 4.79 Å². The van der Waals surface area contributed by atoms with Gasteiger partial charge in [0.25, 0.3) is 5.91 Å². The molecule has 0 atom stereocenters. The Morgan fingerprint density at radius 1 is 1.69 bits per heavy atom. The molecule has 1 rings (SSSR count). The van der Waals surface area contributed by atoms with E-state index in [0.717, 1.165) is 11.9 Å². The molecule has 0 aliphatic carbocycles. The lowest BCUT2D eigenvalue weighted by atomic mass is 10.3. The maximum absolute atomic E-state index is 10.8. The van der Waals surface area contributed by atoms with Crippen LogP contribution >= 0.6 is 0 Å². The Labute approximate surface area is 75.1 Å². The Hall–Kier alpha value is -1.91. The van der Waals surface area contributed by atoms with Crippen molar-refractivity contribution in [1.82, 2.24) is 4.98 Å². The van der Waals surface area contributed by atoms with E-state index < -0.39 is 5.91 Å². The summed E-state index contributed by atoms with van der Waals surface area (Å²) >= 11 is 0. The maximum Gasteiger partial charge on any atom is 0.270 e. The molecule has 0 saturated heterocycles. The molecule has 1 aromatic rings. The van der Waals surface area contributed by atoms with Crippen molar-refractivity contribution >= 4 is 17.8 Å². The van der Waals surface area contributed by atoms with Crippen molar-refractivity contribution in [3.63, 3.8) is 0 Å². The molecule has 5 nitrogen and oxygen atoms in total. The highest BCUT2D eigenvalue weighted by Gasteiger charge is 1.97. The number of amides is 1. The van der Waals surface area contributed by atoms with Gasteiger partial charge in [0.2, 0.25) is 0 Å². The SMILES string of the molecule is Cc1ccc(NC(=O)/C=N/O)cn1. The van der Waals surface area contributed by atoms with Crippen LogP contribution in [-0.4, -0.2) is 22.3 Å². The molecule has 0 bridgehead atoms. The topological polar surface area (TPSA) is 74.6 Å². The number of aryl methyl sites for hydroxylation is 1. The van der Waals surface area contributed by atoms with E-state index in [-0.39, 0.29) is 0 Å². The van der Waals surface area contributed by atoms with Gasteiger partial charge in [-0.15, -0.1) is 0 Å². The van der Waals surface area contributed by atoms with Gasteiger partial charge in [0.15, 0.2) is 0 Å². The van der Waals surface area contributed by atoms with Crippen molar-refractivity contribution < 1.29 is 10.0 Å². The first-order valence-corrected chi connectivity index (χ1v) is 3.63. The lowest BCUT2D eigenvalue weighted by Crippen LogP contribution is -2.12. The first-order valence-electron chi connectivity index (χ1n) is 3.63. The van der Waals surface area contributed by atoms with Crippen molar-refractivity contribution in [3.05, 3.63) is 24.0 Å².